The lowest BCUT2D eigenvalue weighted by Gasteiger charge is -2.32. The largest absolute Gasteiger partial charge is 0.357 e. The summed E-state index contributed by atoms with van der Waals surface area (Å²) in [5.74, 6) is -0.0809. The Morgan fingerprint density at radius 2 is 2.03 bits per heavy atom. The quantitative estimate of drug-likeness (QED) is 0.665. The van der Waals surface area contributed by atoms with Crippen molar-refractivity contribution in [2.45, 2.75) is 44.4 Å². The molecule has 0 radical (unpaired) electrons. The molecule has 0 spiro atoms. The first-order valence-corrected chi connectivity index (χ1v) is 11.5. The highest BCUT2D eigenvalue weighted by atomic mass is 32.2. The lowest BCUT2D eigenvalue weighted by molar-refractivity contribution is -0.114. The number of pyridine rings is 1. The number of sulfonamides is 1. The molecule has 0 aliphatic carbocycles. The van der Waals surface area contributed by atoms with E-state index in [1.807, 2.05) is 18.2 Å². The second kappa shape index (κ2) is 7.85. The van der Waals surface area contributed by atoms with Crippen molar-refractivity contribution < 1.29 is 13.2 Å². The minimum absolute atomic E-state index is 0.0998. The molecular formula is C22H26N4O3S. The number of carbonyl (C=O) groups is 1. The standard InChI is InChI=1S/C22H26N4O3S/c1-14-11-22(15(2)10-19(14)24-16(3)27)30(28,29)26-9-5-6-17(13-26)20-12-21-18(25-20)7-4-8-23-21/h4,7-8,10-12,17,25H,5-6,9,13H2,1-3H3,(H,24,27)/t17-/m0/s1. The number of aromatic nitrogens is 2. The van der Waals surface area contributed by atoms with Crippen molar-refractivity contribution in [3.05, 3.63) is 53.3 Å². The zero-order chi connectivity index (χ0) is 21.5. The predicted molar refractivity (Wildman–Crippen MR) is 117 cm³/mol. The molecule has 1 saturated heterocycles. The molecule has 1 fully saturated rings. The van der Waals surface area contributed by atoms with E-state index < -0.39 is 10.0 Å². The van der Waals surface area contributed by atoms with Crippen LogP contribution in [0.3, 0.4) is 0 Å². The fourth-order valence-electron chi connectivity index (χ4n) is 4.14. The average molecular weight is 427 g/mol. The van der Waals surface area contributed by atoms with Crippen LogP contribution in [0.1, 0.15) is 42.5 Å². The maximum atomic E-state index is 13.5. The molecule has 3 aromatic rings. The summed E-state index contributed by atoms with van der Waals surface area (Å²) >= 11 is 0. The highest BCUT2D eigenvalue weighted by molar-refractivity contribution is 7.89. The Morgan fingerprint density at radius 1 is 1.23 bits per heavy atom. The maximum absolute atomic E-state index is 13.5. The van der Waals surface area contributed by atoms with Crippen molar-refractivity contribution in [1.82, 2.24) is 14.3 Å². The van der Waals surface area contributed by atoms with Gasteiger partial charge >= 0.3 is 0 Å². The number of hydrogen-bond acceptors (Lipinski definition) is 4. The van der Waals surface area contributed by atoms with E-state index in [-0.39, 0.29) is 11.8 Å². The van der Waals surface area contributed by atoms with Gasteiger partial charge in [0.15, 0.2) is 0 Å². The monoisotopic (exact) mass is 426 g/mol. The lowest BCUT2D eigenvalue weighted by atomic mass is 9.96. The smallest absolute Gasteiger partial charge is 0.243 e. The van der Waals surface area contributed by atoms with Crippen molar-refractivity contribution in [1.29, 1.82) is 0 Å². The number of aryl methyl sites for hydroxylation is 2. The summed E-state index contributed by atoms with van der Waals surface area (Å²) in [6.45, 7) is 5.94. The van der Waals surface area contributed by atoms with E-state index in [0.717, 1.165) is 35.1 Å². The Labute approximate surface area is 176 Å². The fraction of sp³-hybridized carbons (Fsp3) is 0.364. The highest BCUT2D eigenvalue weighted by Crippen LogP contribution is 2.33. The summed E-state index contributed by atoms with van der Waals surface area (Å²) in [6.07, 6.45) is 3.49. The van der Waals surface area contributed by atoms with Gasteiger partial charge < -0.3 is 10.3 Å². The van der Waals surface area contributed by atoms with E-state index in [1.165, 1.54) is 6.92 Å². The highest BCUT2D eigenvalue weighted by Gasteiger charge is 2.32. The zero-order valence-corrected chi connectivity index (χ0v) is 18.2. The molecule has 0 unspecified atom stereocenters. The number of rotatable bonds is 4. The molecule has 2 N–H and O–H groups in total. The van der Waals surface area contributed by atoms with Gasteiger partial charge in [0, 0.05) is 43.5 Å². The van der Waals surface area contributed by atoms with Gasteiger partial charge in [-0.2, -0.15) is 4.31 Å². The molecule has 1 aromatic carbocycles. The fourth-order valence-corrected chi connectivity index (χ4v) is 5.96. The minimum atomic E-state index is -3.64. The first-order valence-electron chi connectivity index (χ1n) is 10.1. The van der Waals surface area contributed by atoms with Crippen molar-refractivity contribution in [3.63, 3.8) is 0 Å². The summed E-state index contributed by atoms with van der Waals surface area (Å²) in [6, 6.07) is 9.27. The molecule has 30 heavy (non-hydrogen) atoms. The van der Waals surface area contributed by atoms with Gasteiger partial charge in [-0.15, -0.1) is 0 Å². The molecule has 1 aliphatic heterocycles. The molecule has 0 bridgehead atoms. The number of fused-ring (bicyclic) bond motifs is 1. The van der Waals surface area contributed by atoms with Crippen molar-refractivity contribution in [3.8, 4) is 0 Å². The number of hydrogen-bond donors (Lipinski definition) is 2. The van der Waals surface area contributed by atoms with Gasteiger partial charge in [0.1, 0.15) is 0 Å². The molecule has 1 amide bonds. The van der Waals surface area contributed by atoms with E-state index >= 15 is 0 Å². The average Bonchev–Trinajstić information content (AvgIpc) is 3.14. The molecule has 8 heteroatoms. The molecule has 4 rings (SSSR count). The third kappa shape index (κ3) is 3.85. The van der Waals surface area contributed by atoms with Crippen LogP contribution in [-0.2, 0) is 14.8 Å². The number of piperidine rings is 1. The van der Waals surface area contributed by atoms with Crippen LogP contribution in [0.5, 0.6) is 0 Å². The SMILES string of the molecule is CC(=O)Nc1cc(C)c(S(=O)(=O)N2CCC[C@H](c3cc4ncccc4[nH]3)C2)cc1C. The summed E-state index contributed by atoms with van der Waals surface area (Å²) in [4.78, 5) is 19.5. The first kappa shape index (κ1) is 20.6. The molecule has 0 saturated carbocycles. The summed E-state index contributed by atoms with van der Waals surface area (Å²) in [7, 11) is -3.64. The first-order chi connectivity index (χ1) is 14.3. The second-order valence-corrected chi connectivity index (χ2v) is 9.88. The van der Waals surface area contributed by atoms with Crippen LogP contribution >= 0.6 is 0 Å². The number of carbonyl (C=O) groups excluding carboxylic acids is 1. The van der Waals surface area contributed by atoms with E-state index in [4.69, 9.17) is 0 Å². The number of amides is 1. The third-order valence-electron chi connectivity index (χ3n) is 5.68. The van der Waals surface area contributed by atoms with Crippen molar-refractivity contribution >= 4 is 32.7 Å². The maximum Gasteiger partial charge on any atom is 0.243 e. The number of nitrogens with one attached hydrogen (secondary N) is 2. The Balaban J connectivity index is 1.62. The van der Waals surface area contributed by atoms with Crippen LogP contribution in [-0.4, -0.2) is 41.7 Å². The number of benzene rings is 1. The van der Waals surface area contributed by atoms with E-state index in [9.17, 15) is 13.2 Å². The normalized spacial score (nSPS) is 17.9. The van der Waals surface area contributed by atoms with Crippen LogP contribution in [0.4, 0.5) is 5.69 Å². The van der Waals surface area contributed by atoms with E-state index in [2.05, 4.69) is 15.3 Å². The van der Waals surface area contributed by atoms with Gasteiger partial charge in [-0.05, 0) is 68.1 Å². The Morgan fingerprint density at radius 3 is 2.77 bits per heavy atom. The van der Waals surface area contributed by atoms with Gasteiger partial charge in [0.2, 0.25) is 15.9 Å². The van der Waals surface area contributed by atoms with Crippen molar-refractivity contribution in [2.75, 3.05) is 18.4 Å². The van der Waals surface area contributed by atoms with Gasteiger partial charge in [-0.25, -0.2) is 8.42 Å². The number of anilines is 1. The molecule has 7 nitrogen and oxygen atoms in total. The van der Waals surface area contributed by atoms with E-state index in [1.54, 1.807) is 36.5 Å². The number of nitrogens with zero attached hydrogens (tertiary/aromatic N) is 2. The molecule has 3 heterocycles. The Kier molecular flexibility index (Phi) is 5.38. The topological polar surface area (TPSA) is 95.2 Å². The Hall–Kier alpha value is -2.71. The molecule has 158 valence electrons. The molecular weight excluding hydrogens is 400 g/mol. The third-order valence-corrected chi connectivity index (χ3v) is 7.69. The number of aromatic amines is 1. The van der Waals surface area contributed by atoms with Gasteiger partial charge in [0.05, 0.1) is 15.9 Å². The van der Waals surface area contributed by atoms with Gasteiger partial charge in [-0.3, -0.25) is 9.78 Å². The lowest BCUT2D eigenvalue weighted by Crippen LogP contribution is -2.39. The molecule has 1 atom stereocenters. The van der Waals surface area contributed by atoms with Crippen LogP contribution in [0, 0.1) is 13.8 Å². The summed E-state index contributed by atoms with van der Waals surface area (Å²) < 4.78 is 28.5. The second-order valence-electron chi connectivity index (χ2n) is 7.98. The van der Waals surface area contributed by atoms with Gasteiger partial charge in [-0.1, -0.05) is 0 Å². The Bertz CT molecular complexity index is 1180. The van der Waals surface area contributed by atoms with Crippen LogP contribution in [0.25, 0.3) is 11.0 Å². The predicted octanol–water partition coefficient (Wildman–Crippen LogP) is 3.71. The van der Waals surface area contributed by atoms with Crippen LogP contribution < -0.4 is 5.32 Å². The molecule has 1 aliphatic rings. The summed E-state index contributed by atoms with van der Waals surface area (Å²) in [5, 5.41) is 2.76. The van der Waals surface area contributed by atoms with Crippen molar-refractivity contribution in [2.24, 2.45) is 0 Å². The van der Waals surface area contributed by atoms with Crippen LogP contribution in [0.15, 0.2) is 41.4 Å². The summed E-state index contributed by atoms with van der Waals surface area (Å²) in [5.41, 5.74) is 4.88. The van der Waals surface area contributed by atoms with Gasteiger partial charge in [0.25, 0.3) is 0 Å². The number of H-pyrrole nitrogens is 1. The minimum Gasteiger partial charge on any atom is -0.357 e. The zero-order valence-electron chi connectivity index (χ0n) is 17.4. The van der Waals surface area contributed by atoms with Crippen LogP contribution in [0.2, 0.25) is 0 Å². The van der Waals surface area contributed by atoms with E-state index in [0.29, 0.717) is 29.2 Å². The molecule has 2 aromatic heterocycles.